The van der Waals surface area contributed by atoms with Gasteiger partial charge in [-0.05, 0) is 30.9 Å². The molecule has 1 aliphatic carbocycles. The molecule has 2 aromatic rings. The van der Waals surface area contributed by atoms with E-state index in [1.807, 2.05) is 6.07 Å². The van der Waals surface area contributed by atoms with Crippen molar-refractivity contribution in [1.82, 2.24) is 9.78 Å². The second-order valence-corrected chi connectivity index (χ2v) is 5.19. The molecular formula is C15H20N2O. The highest BCUT2D eigenvalue weighted by atomic mass is 16.3. The van der Waals surface area contributed by atoms with Gasteiger partial charge in [-0.25, -0.2) is 0 Å². The zero-order valence-corrected chi connectivity index (χ0v) is 10.9. The fourth-order valence-corrected chi connectivity index (χ4v) is 3.04. The number of aromatic nitrogens is 2. The highest BCUT2D eigenvalue weighted by Gasteiger charge is 2.21. The Morgan fingerprint density at radius 1 is 1.33 bits per heavy atom. The number of aliphatic hydroxyl groups is 1. The molecule has 0 atom stereocenters. The molecule has 0 aliphatic heterocycles. The second kappa shape index (κ2) is 4.73. The molecule has 0 spiro atoms. The summed E-state index contributed by atoms with van der Waals surface area (Å²) in [6.45, 7) is 2.26. The maximum Gasteiger partial charge on any atom is 0.0700 e. The number of hydrogen-bond acceptors (Lipinski definition) is 2. The van der Waals surface area contributed by atoms with E-state index in [0.29, 0.717) is 6.04 Å². The van der Waals surface area contributed by atoms with Gasteiger partial charge in [-0.1, -0.05) is 31.9 Å². The van der Waals surface area contributed by atoms with Gasteiger partial charge in [-0.3, -0.25) is 4.68 Å². The summed E-state index contributed by atoms with van der Waals surface area (Å²) in [4.78, 5) is 0. The number of benzene rings is 1. The van der Waals surface area contributed by atoms with Crippen LogP contribution in [-0.4, -0.2) is 14.9 Å². The van der Waals surface area contributed by atoms with Crippen molar-refractivity contribution in [1.29, 1.82) is 0 Å². The van der Waals surface area contributed by atoms with Gasteiger partial charge in [0.15, 0.2) is 0 Å². The Hall–Kier alpha value is -1.35. The first-order chi connectivity index (χ1) is 8.83. The first-order valence-electron chi connectivity index (χ1n) is 6.94. The van der Waals surface area contributed by atoms with Crippen LogP contribution in [0, 0.1) is 0 Å². The van der Waals surface area contributed by atoms with E-state index in [0.717, 1.165) is 12.0 Å². The van der Waals surface area contributed by atoms with E-state index in [-0.39, 0.29) is 6.61 Å². The molecule has 3 nitrogen and oxygen atoms in total. The van der Waals surface area contributed by atoms with Crippen LogP contribution >= 0.6 is 0 Å². The van der Waals surface area contributed by atoms with Crippen molar-refractivity contribution in [3.8, 4) is 0 Å². The monoisotopic (exact) mass is 244 g/mol. The van der Waals surface area contributed by atoms with Crippen molar-refractivity contribution in [2.75, 3.05) is 0 Å². The lowest BCUT2D eigenvalue weighted by molar-refractivity contribution is 0.282. The summed E-state index contributed by atoms with van der Waals surface area (Å²) in [6, 6.07) is 6.77. The van der Waals surface area contributed by atoms with E-state index < -0.39 is 0 Å². The molecule has 0 radical (unpaired) electrons. The average molecular weight is 244 g/mol. The third-order valence-electron chi connectivity index (χ3n) is 4.04. The molecule has 1 heterocycles. The van der Waals surface area contributed by atoms with Crippen molar-refractivity contribution >= 4 is 10.9 Å². The zero-order valence-electron chi connectivity index (χ0n) is 10.9. The molecule has 3 heteroatoms. The fourth-order valence-electron chi connectivity index (χ4n) is 3.04. The SMILES string of the molecule is CCc1nn(C2CCCC2)c2cc(CO)ccc12. The standard InChI is InChI=1S/C15H20N2O/c1-2-14-13-8-7-11(10-18)9-15(13)17(16-14)12-5-3-4-6-12/h7-9,12,18H,2-6,10H2,1H3. The van der Waals surface area contributed by atoms with Crippen molar-refractivity contribution in [2.45, 2.75) is 51.7 Å². The highest BCUT2D eigenvalue weighted by molar-refractivity contribution is 5.82. The van der Waals surface area contributed by atoms with E-state index in [2.05, 4.69) is 23.7 Å². The van der Waals surface area contributed by atoms with Crippen molar-refractivity contribution in [2.24, 2.45) is 0 Å². The van der Waals surface area contributed by atoms with Gasteiger partial charge >= 0.3 is 0 Å². The quantitative estimate of drug-likeness (QED) is 0.900. The van der Waals surface area contributed by atoms with Crippen LogP contribution in [0.15, 0.2) is 18.2 Å². The van der Waals surface area contributed by atoms with Crippen LogP contribution in [0.2, 0.25) is 0 Å². The normalized spacial score (nSPS) is 16.8. The highest BCUT2D eigenvalue weighted by Crippen LogP contribution is 2.33. The molecule has 1 saturated carbocycles. The number of aryl methyl sites for hydroxylation is 1. The summed E-state index contributed by atoms with van der Waals surface area (Å²) in [5.74, 6) is 0. The third-order valence-corrected chi connectivity index (χ3v) is 4.04. The fraction of sp³-hybridized carbons (Fsp3) is 0.533. The molecule has 1 aliphatic rings. The van der Waals surface area contributed by atoms with Crippen LogP contribution < -0.4 is 0 Å². The molecule has 0 unspecified atom stereocenters. The Bertz CT molecular complexity index is 553. The molecule has 0 bridgehead atoms. The van der Waals surface area contributed by atoms with Gasteiger partial charge in [0.25, 0.3) is 0 Å². The summed E-state index contributed by atoms with van der Waals surface area (Å²) < 4.78 is 2.21. The first kappa shape index (κ1) is 11.7. The summed E-state index contributed by atoms with van der Waals surface area (Å²) in [5, 5.41) is 15.3. The predicted molar refractivity (Wildman–Crippen MR) is 72.5 cm³/mol. The van der Waals surface area contributed by atoms with E-state index in [4.69, 9.17) is 5.10 Å². The van der Waals surface area contributed by atoms with Gasteiger partial charge < -0.3 is 5.11 Å². The zero-order chi connectivity index (χ0) is 12.5. The van der Waals surface area contributed by atoms with Crippen molar-refractivity contribution in [3.05, 3.63) is 29.5 Å². The van der Waals surface area contributed by atoms with Crippen LogP contribution in [0.1, 0.15) is 49.9 Å². The van der Waals surface area contributed by atoms with Crippen LogP contribution in [0.25, 0.3) is 10.9 Å². The van der Waals surface area contributed by atoms with Gasteiger partial charge in [0, 0.05) is 5.39 Å². The molecule has 1 fully saturated rings. The molecule has 0 saturated heterocycles. The lowest BCUT2D eigenvalue weighted by Crippen LogP contribution is -2.06. The predicted octanol–water partition coefficient (Wildman–Crippen LogP) is 3.21. The molecule has 1 N–H and O–H groups in total. The van der Waals surface area contributed by atoms with Crippen molar-refractivity contribution < 1.29 is 5.11 Å². The number of aliphatic hydroxyl groups excluding tert-OH is 1. The molecule has 1 aromatic heterocycles. The van der Waals surface area contributed by atoms with E-state index >= 15 is 0 Å². The Morgan fingerprint density at radius 3 is 2.78 bits per heavy atom. The minimum Gasteiger partial charge on any atom is -0.392 e. The first-order valence-corrected chi connectivity index (χ1v) is 6.94. The lowest BCUT2D eigenvalue weighted by Gasteiger charge is -2.11. The Morgan fingerprint density at radius 2 is 2.11 bits per heavy atom. The summed E-state index contributed by atoms with van der Waals surface area (Å²) >= 11 is 0. The molecule has 3 rings (SSSR count). The Balaban J connectivity index is 2.16. The van der Waals surface area contributed by atoms with Crippen LogP contribution in [0.5, 0.6) is 0 Å². The average Bonchev–Trinajstić information content (AvgIpc) is 3.04. The van der Waals surface area contributed by atoms with Gasteiger partial charge in [0.05, 0.1) is 23.9 Å². The largest absolute Gasteiger partial charge is 0.392 e. The molecule has 1 aromatic carbocycles. The van der Waals surface area contributed by atoms with Crippen molar-refractivity contribution in [3.63, 3.8) is 0 Å². The topological polar surface area (TPSA) is 38.0 Å². The van der Waals surface area contributed by atoms with E-state index in [1.165, 1.54) is 42.3 Å². The van der Waals surface area contributed by atoms with Gasteiger partial charge in [0.1, 0.15) is 0 Å². The summed E-state index contributed by atoms with van der Waals surface area (Å²) in [7, 11) is 0. The van der Waals surface area contributed by atoms with Crippen LogP contribution in [-0.2, 0) is 13.0 Å². The molecule has 18 heavy (non-hydrogen) atoms. The molecule has 96 valence electrons. The minimum atomic E-state index is 0.104. The smallest absolute Gasteiger partial charge is 0.0700 e. The van der Waals surface area contributed by atoms with Gasteiger partial charge in [0.2, 0.25) is 0 Å². The Labute approximate surface area is 107 Å². The lowest BCUT2D eigenvalue weighted by atomic mass is 10.1. The minimum absolute atomic E-state index is 0.104. The maximum absolute atomic E-state index is 9.29. The van der Waals surface area contributed by atoms with Gasteiger partial charge in [-0.2, -0.15) is 5.10 Å². The Kier molecular flexibility index (Phi) is 3.08. The summed E-state index contributed by atoms with van der Waals surface area (Å²) in [6.07, 6.45) is 6.07. The van der Waals surface area contributed by atoms with E-state index in [1.54, 1.807) is 0 Å². The molecular weight excluding hydrogens is 224 g/mol. The van der Waals surface area contributed by atoms with Gasteiger partial charge in [-0.15, -0.1) is 0 Å². The number of fused-ring (bicyclic) bond motifs is 1. The molecule has 0 amide bonds. The van der Waals surface area contributed by atoms with Crippen LogP contribution in [0.4, 0.5) is 0 Å². The third kappa shape index (κ3) is 1.83. The number of rotatable bonds is 3. The summed E-state index contributed by atoms with van der Waals surface area (Å²) in [5.41, 5.74) is 3.36. The maximum atomic E-state index is 9.29. The number of nitrogens with zero attached hydrogens (tertiary/aromatic N) is 2. The second-order valence-electron chi connectivity index (χ2n) is 5.19. The number of hydrogen-bond donors (Lipinski definition) is 1. The van der Waals surface area contributed by atoms with Crippen LogP contribution in [0.3, 0.4) is 0 Å². The van der Waals surface area contributed by atoms with E-state index in [9.17, 15) is 5.11 Å².